The Hall–Kier alpha value is -2.53. The number of aryl methyl sites for hydroxylation is 1. The van der Waals surface area contributed by atoms with Crippen molar-refractivity contribution in [3.05, 3.63) is 58.6 Å². The quantitative estimate of drug-likeness (QED) is 0.600. The summed E-state index contributed by atoms with van der Waals surface area (Å²) in [5.41, 5.74) is 4.14. The van der Waals surface area contributed by atoms with Gasteiger partial charge in [0.2, 0.25) is 0 Å². The van der Waals surface area contributed by atoms with Crippen LogP contribution in [-0.4, -0.2) is 24.8 Å². The SMILES string of the molecule is CCOc1ccccc1C=NNC(=O)C(C)Oc1ccc(Cl)c(C)c1. The minimum absolute atomic E-state index is 0.349. The lowest BCUT2D eigenvalue weighted by Gasteiger charge is -2.13. The number of rotatable bonds is 7. The molecule has 0 spiro atoms. The number of para-hydroxylation sites is 1. The maximum atomic E-state index is 12.1. The molecule has 25 heavy (non-hydrogen) atoms. The predicted molar refractivity (Wildman–Crippen MR) is 99.6 cm³/mol. The molecule has 0 radical (unpaired) electrons. The normalized spacial score (nSPS) is 12.0. The lowest BCUT2D eigenvalue weighted by Crippen LogP contribution is -2.33. The topological polar surface area (TPSA) is 59.9 Å². The van der Waals surface area contributed by atoms with E-state index in [0.717, 1.165) is 11.1 Å². The Labute approximate surface area is 152 Å². The number of halogens is 1. The third kappa shape index (κ3) is 5.50. The minimum Gasteiger partial charge on any atom is -0.493 e. The maximum Gasteiger partial charge on any atom is 0.280 e. The van der Waals surface area contributed by atoms with Crippen molar-refractivity contribution in [1.82, 2.24) is 5.43 Å². The van der Waals surface area contributed by atoms with Gasteiger partial charge in [-0.3, -0.25) is 4.79 Å². The average Bonchev–Trinajstić information content (AvgIpc) is 2.59. The molecular formula is C19H21ClN2O3. The van der Waals surface area contributed by atoms with Gasteiger partial charge < -0.3 is 9.47 Å². The molecule has 0 saturated heterocycles. The number of carbonyl (C=O) groups is 1. The second-order valence-corrected chi connectivity index (χ2v) is 5.78. The van der Waals surface area contributed by atoms with E-state index in [1.807, 2.05) is 38.1 Å². The highest BCUT2D eigenvalue weighted by Crippen LogP contribution is 2.22. The molecule has 2 rings (SSSR count). The lowest BCUT2D eigenvalue weighted by atomic mass is 10.2. The van der Waals surface area contributed by atoms with E-state index in [0.29, 0.717) is 23.1 Å². The van der Waals surface area contributed by atoms with Crippen molar-refractivity contribution >= 4 is 23.7 Å². The van der Waals surface area contributed by atoms with E-state index in [9.17, 15) is 4.79 Å². The van der Waals surface area contributed by atoms with E-state index in [2.05, 4.69) is 10.5 Å². The van der Waals surface area contributed by atoms with Crippen LogP contribution in [0.4, 0.5) is 0 Å². The maximum absolute atomic E-state index is 12.1. The molecule has 0 aliphatic heterocycles. The highest BCUT2D eigenvalue weighted by molar-refractivity contribution is 6.31. The fraction of sp³-hybridized carbons (Fsp3) is 0.263. The molecule has 0 fully saturated rings. The Balaban J connectivity index is 1.94. The molecule has 0 bridgehead atoms. The van der Waals surface area contributed by atoms with Gasteiger partial charge in [0.1, 0.15) is 11.5 Å². The number of nitrogens with one attached hydrogen (secondary N) is 1. The van der Waals surface area contributed by atoms with Gasteiger partial charge in [-0.15, -0.1) is 0 Å². The van der Waals surface area contributed by atoms with Crippen molar-refractivity contribution in [3.8, 4) is 11.5 Å². The van der Waals surface area contributed by atoms with Crippen LogP contribution in [0.25, 0.3) is 0 Å². The summed E-state index contributed by atoms with van der Waals surface area (Å²) >= 11 is 5.98. The zero-order valence-corrected chi connectivity index (χ0v) is 15.2. The molecule has 2 aromatic rings. The van der Waals surface area contributed by atoms with Crippen molar-refractivity contribution in [1.29, 1.82) is 0 Å². The van der Waals surface area contributed by atoms with Crippen LogP contribution in [0.5, 0.6) is 11.5 Å². The van der Waals surface area contributed by atoms with Crippen LogP contribution in [0.1, 0.15) is 25.0 Å². The zero-order valence-electron chi connectivity index (χ0n) is 14.5. The molecule has 132 valence electrons. The van der Waals surface area contributed by atoms with Gasteiger partial charge in [-0.25, -0.2) is 5.43 Å². The summed E-state index contributed by atoms with van der Waals surface area (Å²) in [6, 6.07) is 12.7. The number of amides is 1. The average molecular weight is 361 g/mol. The van der Waals surface area contributed by atoms with Gasteiger partial charge in [0.15, 0.2) is 6.10 Å². The summed E-state index contributed by atoms with van der Waals surface area (Å²) in [5, 5.41) is 4.63. The van der Waals surface area contributed by atoms with Crippen LogP contribution in [-0.2, 0) is 4.79 Å². The fourth-order valence-electron chi connectivity index (χ4n) is 2.08. The smallest absolute Gasteiger partial charge is 0.280 e. The van der Waals surface area contributed by atoms with E-state index in [1.54, 1.807) is 31.3 Å². The molecule has 0 saturated carbocycles. The molecule has 1 N–H and O–H groups in total. The van der Waals surface area contributed by atoms with Gasteiger partial charge >= 0.3 is 0 Å². The molecule has 1 atom stereocenters. The summed E-state index contributed by atoms with van der Waals surface area (Å²) in [6.45, 7) is 6.00. The monoisotopic (exact) mass is 360 g/mol. The number of hydrogen-bond donors (Lipinski definition) is 1. The first-order valence-corrected chi connectivity index (χ1v) is 8.36. The standard InChI is InChI=1S/C19H21ClN2O3/c1-4-24-18-8-6-5-7-15(18)12-21-22-19(23)14(3)25-16-9-10-17(20)13(2)11-16/h5-12,14H,4H2,1-3H3,(H,22,23). The summed E-state index contributed by atoms with van der Waals surface area (Å²) in [6.07, 6.45) is 0.849. The third-order valence-electron chi connectivity index (χ3n) is 3.41. The van der Waals surface area contributed by atoms with Crippen LogP contribution in [0, 0.1) is 6.92 Å². The van der Waals surface area contributed by atoms with Crippen LogP contribution in [0.2, 0.25) is 5.02 Å². The number of benzene rings is 2. The largest absolute Gasteiger partial charge is 0.493 e. The third-order valence-corrected chi connectivity index (χ3v) is 3.83. The number of hydrazone groups is 1. The van der Waals surface area contributed by atoms with Gasteiger partial charge in [0.25, 0.3) is 5.91 Å². The first-order valence-electron chi connectivity index (χ1n) is 7.98. The lowest BCUT2D eigenvalue weighted by molar-refractivity contribution is -0.127. The van der Waals surface area contributed by atoms with E-state index < -0.39 is 6.10 Å². The Kier molecular flexibility index (Phi) is 6.83. The fourth-order valence-corrected chi connectivity index (χ4v) is 2.20. The zero-order chi connectivity index (χ0) is 18.2. The highest BCUT2D eigenvalue weighted by Gasteiger charge is 2.14. The summed E-state index contributed by atoms with van der Waals surface area (Å²) in [5.74, 6) is 0.942. The van der Waals surface area contributed by atoms with Crippen molar-refractivity contribution in [2.45, 2.75) is 26.9 Å². The molecule has 0 aliphatic rings. The number of carbonyl (C=O) groups excluding carboxylic acids is 1. The molecule has 6 heteroatoms. The molecule has 5 nitrogen and oxygen atoms in total. The van der Waals surface area contributed by atoms with Gasteiger partial charge in [-0.2, -0.15) is 5.10 Å². The second kappa shape index (κ2) is 9.08. The van der Waals surface area contributed by atoms with Gasteiger partial charge in [-0.05, 0) is 56.7 Å². The Morgan fingerprint density at radius 3 is 2.80 bits per heavy atom. The first-order chi connectivity index (χ1) is 12.0. The molecule has 0 aromatic heterocycles. The van der Waals surface area contributed by atoms with E-state index >= 15 is 0 Å². The number of nitrogens with zero attached hydrogens (tertiary/aromatic N) is 1. The van der Waals surface area contributed by atoms with E-state index in [-0.39, 0.29) is 5.91 Å². The van der Waals surface area contributed by atoms with Gasteiger partial charge in [0, 0.05) is 10.6 Å². The van der Waals surface area contributed by atoms with Crippen molar-refractivity contribution in [2.24, 2.45) is 5.10 Å². The highest BCUT2D eigenvalue weighted by atomic mass is 35.5. The molecular weight excluding hydrogens is 340 g/mol. The molecule has 1 amide bonds. The van der Waals surface area contributed by atoms with Crippen molar-refractivity contribution in [2.75, 3.05) is 6.61 Å². The molecule has 1 unspecified atom stereocenters. The number of hydrogen-bond acceptors (Lipinski definition) is 4. The first kappa shape index (κ1) is 18.8. The molecule has 0 heterocycles. The Bertz CT molecular complexity index is 762. The predicted octanol–water partition coefficient (Wildman–Crippen LogP) is 3.96. The summed E-state index contributed by atoms with van der Waals surface area (Å²) < 4.78 is 11.1. The number of ether oxygens (including phenoxy) is 2. The van der Waals surface area contributed by atoms with E-state index in [4.69, 9.17) is 21.1 Å². The molecule has 0 aliphatic carbocycles. The second-order valence-electron chi connectivity index (χ2n) is 5.38. The Morgan fingerprint density at radius 2 is 2.08 bits per heavy atom. The van der Waals surface area contributed by atoms with Crippen LogP contribution >= 0.6 is 11.6 Å². The van der Waals surface area contributed by atoms with Gasteiger partial charge in [-0.1, -0.05) is 23.7 Å². The van der Waals surface area contributed by atoms with Crippen molar-refractivity contribution in [3.63, 3.8) is 0 Å². The van der Waals surface area contributed by atoms with Crippen molar-refractivity contribution < 1.29 is 14.3 Å². The van der Waals surface area contributed by atoms with Crippen LogP contribution in [0.15, 0.2) is 47.6 Å². The molecule has 2 aromatic carbocycles. The van der Waals surface area contributed by atoms with Crippen LogP contribution in [0.3, 0.4) is 0 Å². The van der Waals surface area contributed by atoms with Crippen LogP contribution < -0.4 is 14.9 Å². The minimum atomic E-state index is -0.695. The van der Waals surface area contributed by atoms with Gasteiger partial charge in [0.05, 0.1) is 12.8 Å². The summed E-state index contributed by atoms with van der Waals surface area (Å²) in [4.78, 5) is 12.1. The Morgan fingerprint density at radius 1 is 1.32 bits per heavy atom. The van der Waals surface area contributed by atoms with E-state index in [1.165, 1.54) is 0 Å². The summed E-state index contributed by atoms with van der Waals surface area (Å²) in [7, 11) is 0.